The maximum atomic E-state index is 11.9. The molecule has 1 aliphatic rings. The van der Waals surface area contributed by atoms with Crippen LogP contribution in [0, 0.1) is 0 Å². The first-order chi connectivity index (χ1) is 8.84. The Labute approximate surface area is 106 Å². The zero-order valence-electron chi connectivity index (χ0n) is 9.74. The predicted molar refractivity (Wildman–Crippen MR) is 69.7 cm³/mol. The fourth-order valence-corrected chi connectivity index (χ4v) is 2.07. The molecule has 0 amide bonds. The van der Waals surface area contributed by atoms with Crippen molar-refractivity contribution in [2.75, 3.05) is 0 Å². The van der Waals surface area contributed by atoms with Crippen LogP contribution in [0.5, 0.6) is 0 Å². The zero-order valence-corrected chi connectivity index (χ0v) is 9.74. The topological polar surface area (TPSA) is 26.3 Å². The van der Waals surface area contributed by atoms with Gasteiger partial charge in [-0.15, -0.1) is 0 Å². The number of carbonyl (C=O) groups excluding carboxylic acids is 1. The van der Waals surface area contributed by atoms with Crippen molar-refractivity contribution in [1.82, 2.24) is 0 Å². The molecule has 18 heavy (non-hydrogen) atoms. The molecule has 0 unspecified atom stereocenters. The summed E-state index contributed by atoms with van der Waals surface area (Å²) in [4.78, 5) is 11.9. The van der Waals surface area contributed by atoms with Crippen LogP contribution in [0.2, 0.25) is 0 Å². The largest absolute Gasteiger partial charge is 0.450 e. The molecule has 1 heterocycles. The number of hydrogen-bond acceptors (Lipinski definition) is 2. The van der Waals surface area contributed by atoms with Crippen LogP contribution in [0.15, 0.2) is 66.7 Å². The van der Waals surface area contributed by atoms with E-state index in [1.165, 1.54) is 0 Å². The van der Waals surface area contributed by atoms with E-state index in [0.29, 0.717) is 5.57 Å². The predicted octanol–water partition coefficient (Wildman–Crippen LogP) is 3.37. The van der Waals surface area contributed by atoms with Gasteiger partial charge in [-0.25, -0.2) is 4.79 Å². The highest BCUT2D eigenvalue weighted by Gasteiger charge is 2.27. The maximum absolute atomic E-state index is 11.9. The first kappa shape index (κ1) is 10.8. The molecule has 1 aliphatic heterocycles. The smallest absolute Gasteiger partial charge is 0.339 e. The van der Waals surface area contributed by atoms with E-state index in [1.54, 1.807) is 0 Å². The summed E-state index contributed by atoms with van der Waals surface area (Å²) >= 11 is 0. The van der Waals surface area contributed by atoms with Crippen LogP contribution in [0.3, 0.4) is 0 Å². The summed E-state index contributed by atoms with van der Waals surface area (Å²) in [5.74, 6) is -0.255. The molecular weight excluding hydrogens is 224 g/mol. The molecule has 0 aliphatic carbocycles. The minimum atomic E-state index is -0.270. The second kappa shape index (κ2) is 4.49. The van der Waals surface area contributed by atoms with Gasteiger partial charge >= 0.3 is 5.97 Å². The molecule has 2 nitrogen and oxygen atoms in total. The average molecular weight is 236 g/mol. The lowest BCUT2D eigenvalue weighted by molar-refractivity contribution is -0.137. The Hall–Kier alpha value is -2.35. The van der Waals surface area contributed by atoms with Gasteiger partial charge in [-0.05, 0) is 17.2 Å². The van der Waals surface area contributed by atoms with Crippen LogP contribution in [-0.4, -0.2) is 5.97 Å². The number of cyclic esters (lactones) is 1. The first-order valence-corrected chi connectivity index (χ1v) is 5.88. The molecule has 0 radical (unpaired) electrons. The molecule has 0 spiro atoms. The summed E-state index contributed by atoms with van der Waals surface area (Å²) in [6.07, 6.45) is 1.61. The minimum absolute atomic E-state index is 0.255. The van der Waals surface area contributed by atoms with E-state index < -0.39 is 0 Å². The standard InChI is InChI=1S/C16H12O2/c17-16-14(12-7-3-1-4-8-12)11-15(18-16)13-9-5-2-6-10-13/h1-11,15H/t15-/m0/s1. The lowest BCUT2D eigenvalue weighted by Crippen LogP contribution is -2.01. The normalized spacial score (nSPS) is 18.3. The number of rotatable bonds is 2. The van der Waals surface area contributed by atoms with Crippen LogP contribution in [0.25, 0.3) is 5.57 Å². The number of hydrogen-bond donors (Lipinski definition) is 0. The molecule has 0 N–H and O–H groups in total. The molecule has 1 atom stereocenters. The quantitative estimate of drug-likeness (QED) is 0.747. The summed E-state index contributed by atoms with van der Waals surface area (Å²) in [6, 6.07) is 19.3. The first-order valence-electron chi connectivity index (χ1n) is 5.88. The zero-order chi connectivity index (χ0) is 12.4. The molecule has 2 aromatic carbocycles. The van der Waals surface area contributed by atoms with E-state index in [0.717, 1.165) is 11.1 Å². The minimum Gasteiger partial charge on any atom is -0.450 e. The van der Waals surface area contributed by atoms with Gasteiger partial charge in [-0.3, -0.25) is 0 Å². The number of carbonyl (C=O) groups is 1. The Morgan fingerprint density at radius 2 is 1.44 bits per heavy atom. The molecule has 88 valence electrons. The Morgan fingerprint density at radius 3 is 2.11 bits per heavy atom. The maximum Gasteiger partial charge on any atom is 0.339 e. The van der Waals surface area contributed by atoms with Gasteiger partial charge in [-0.1, -0.05) is 60.7 Å². The van der Waals surface area contributed by atoms with Crippen LogP contribution in [0.4, 0.5) is 0 Å². The molecule has 0 bridgehead atoms. The van der Waals surface area contributed by atoms with Crippen molar-refractivity contribution >= 4 is 11.5 Å². The van der Waals surface area contributed by atoms with Crippen molar-refractivity contribution in [3.8, 4) is 0 Å². The molecule has 0 saturated heterocycles. The molecule has 2 aromatic rings. The third-order valence-electron chi connectivity index (χ3n) is 2.98. The highest BCUT2D eigenvalue weighted by molar-refractivity contribution is 6.18. The van der Waals surface area contributed by atoms with Crippen molar-refractivity contribution in [3.05, 3.63) is 77.9 Å². The second-order valence-corrected chi connectivity index (χ2v) is 4.18. The van der Waals surface area contributed by atoms with Crippen LogP contribution in [0.1, 0.15) is 17.2 Å². The summed E-state index contributed by atoms with van der Waals surface area (Å²) in [5, 5.41) is 0. The van der Waals surface area contributed by atoms with Crippen LogP contribution < -0.4 is 0 Å². The van der Waals surface area contributed by atoms with Crippen molar-refractivity contribution in [2.45, 2.75) is 6.10 Å². The van der Waals surface area contributed by atoms with E-state index in [-0.39, 0.29) is 12.1 Å². The van der Waals surface area contributed by atoms with Gasteiger partial charge in [0.2, 0.25) is 0 Å². The van der Waals surface area contributed by atoms with E-state index in [2.05, 4.69) is 0 Å². The van der Waals surface area contributed by atoms with E-state index in [4.69, 9.17) is 4.74 Å². The van der Waals surface area contributed by atoms with Gasteiger partial charge in [0.25, 0.3) is 0 Å². The fourth-order valence-electron chi connectivity index (χ4n) is 2.07. The number of ether oxygens (including phenoxy) is 1. The van der Waals surface area contributed by atoms with Gasteiger partial charge in [0, 0.05) is 0 Å². The van der Waals surface area contributed by atoms with Gasteiger partial charge in [0.15, 0.2) is 0 Å². The Bertz CT molecular complexity index is 585. The van der Waals surface area contributed by atoms with Gasteiger partial charge in [0.05, 0.1) is 5.57 Å². The van der Waals surface area contributed by atoms with Gasteiger partial charge in [-0.2, -0.15) is 0 Å². The van der Waals surface area contributed by atoms with Crippen molar-refractivity contribution in [2.24, 2.45) is 0 Å². The second-order valence-electron chi connectivity index (χ2n) is 4.18. The molecule has 0 saturated carbocycles. The molecule has 2 heteroatoms. The van der Waals surface area contributed by atoms with E-state index >= 15 is 0 Å². The summed E-state index contributed by atoms with van der Waals surface area (Å²) in [7, 11) is 0. The van der Waals surface area contributed by atoms with Gasteiger partial charge in [0.1, 0.15) is 6.10 Å². The highest BCUT2D eigenvalue weighted by Crippen LogP contribution is 2.32. The van der Waals surface area contributed by atoms with Crippen molar-refractivity contribution < 1.29 is 9.53 Å². The Balaban J connectivity index is 1.95. The number of esters is 1. The monoisotopic (exact) mass is 236 g/mol. The van der Waals surface area contributed by atoms with E-state index in [1.807, 2.05) is 66.7 Å². The Kier molecular flexibility index (Phi) is 2.69. The summed E-state index contributed by atoms with van der Waals surface area (Å²) in [5.41, 5.74) is 2.54. The fraction of sp³-hybridized carbons (Fsp3) is 0.0625. The lowest BCUT2D eigenvalue weighted by Gasteiger charge is -2.07. The molecule has 0 fully saturated rings. The third kappa shape index (κ3) is 1.93. The Morgan fingerprint density at radius 1 is 0.833 bits per heavy atom. The lowest BCUT2D eigenvalue weighted by atomic mass is 10.0. The van der Waals surface area contributed by atoms with Crippen LogP contribution >= 0.6 is 0 Å². The van der Waals surface area contributed by atoms with Gasteiger partial charge < -0.3 is 4.74 Å². The molecule has 0 aromatic heterocycles. The van der Waals surface area contributed by atoms with Crippen LogP contribution in [-0.2, 0) is 9.53 Å². The highest BCUT2D eigenvalue weighted by atomic mass is 16.5. The summed E-state index contributed by atoms with van der Waals surface area (Å²) < 4.78 is 5.38. The molecular formula is C16H12O2. The van der Waals surface area contributed by atoms with Crippen molar-refractivity contribution in [1.29, 1.82) is 0 Å². The average Bonchev–Trinajstić information content (AvgIpc) is 2.83. The molecule has 3 rings (SSSR count). The van der Waals surface area contributed by atoms with E-state index in [9.17, 15) is 4.79 Å². The number of benzene rings is 2. The summed E-state index contributed by atoms with van der Waals surface area (Å²) in [6.45, 7) is 0. The van der Waals surface area contributed by atoms with Crippen molar-refractivity contribution in [3.63, 3.8) is 0 Å². The third-order valence-corrected chi connectivity index (χ3v) is 2.98. The SMILES string of the molecule is O=C1O[C@H](c2ccccc2)C=C1c1ccccc1.